The third-order valence-electron chi connectivity index (χ3n) is 3.93. The molecule has 4 rings (SSSR count). The average molecular weight is 365 g/mol. The van der Waals surface area contributed by atoms with E-state index >= 15 is 0 Å². The number of aromatic nitrogens is 4. The van der Waals surface area contributed by atoms with E-state index in [1.807, 2.05) is 31.2 Å². The molecule has 130 valence electrons. The van der Waals surface area contributed by atoms with Gasteiger partial charge in [0.2, 0.25) is 10.1 Å². The lowest BCUT2D eigenvalue weighted by atomic mass is 10.1. The third-order valence-corrected chi connectivity index (χ3v) is 4.74. The van der Waals surface area contributed by atoms with Crippen molar-refractivity contribution in [2.24, 2.45) is 0 Å². The number of anilines is 1. The Morgan fingerprint density at radius 2 is 2.00 bits per heavy atom. The first-order valence-corrected chi connectivity index (χ1v) is 8.71. The van der Waals surface area contributed by atoms with Gasteiger partial charge in [-0.2, -0.15) is 4.52 Å². The van der Waals surface area contributed by atoms with Gasteiger partial charge in [-0.15, -0.1) is 15.3 Å². The zero-order valence-electron chi connectivity index (χ0n) is 14.1. The van der Waals surface area contributed by atoms with Crippen molar-refractivity contribution < 1.29 is 9.53 Å². The van der Waals surface area contributed by atoms with Gasteiger partial charge in [0.15, 0.2) is 5.82 Å². The van der Waals surface area contributed by atoms with Crippen LogP contribution in [-0.4, -0.2) is 32.8 Å². The number of hydrogen-bond acceptors (Lipinski definition) is 6. The van der Waals surface area contributed by atoms with E-state index in [-0.39, 0.29) is 5.91 Å². The molecule has 0 unspecified atom stereocenters. The first kappa shape index (κ1) is 16.2. The molecule has 2 heterocycles. The summed E-state index contributed by atoms with van der Waals surface area (Å²) in [5, 5.41) is 16.1. The summed E-state index contributed by atoms with van der Waals surface area (Å²) in [7, 11) is 1.56. The topological polar surface area (TPSA) is 81.4 Å². The maximum atomic E-state index is 12.4. The highest BCUT2D eigenvalue weighted by Crippen LogP contribution is 2.26. The van der Waals surface area contributed by atoms with Crippen molar-refractivity contribution in [2.75, 3.05) is 12.4 Å². The second kappa shape index (κ2) is 6.57. The first-order chi connectivity index (χ1) is 12.7. The number of methoxy groups -OCH3 is 1. The summed E-state index contributed by atoms with van der Waals surface area (Å²) in [5.41, 5.74) is 2.53. The van der Waals surface area contributed by atoms with E-state index in [1.54, 1.807) is 35.9 Å². The number of fused-ring (bicyclic) bond motifs is 1. The van der Waals surface area contributed by atoms with Crippen molar-refractivity contribution in [1.29, 1.82) is 0 Å². The number of rotatable bonds is 4. The molecule has 2 aromatic carbocycles. The number of nitrogens with zero attached hydrogens (tertiary/aromatic N) is 4. The zero-order chi connectivity index (χ0) is 18.1. The highest BCUT2D eigenvalue weighted by Gasteiger charge is 2.16. The molecule has 1 amide bonds. The maximum Gasteiger partial charge on any atom is 0.257 e. The van der Waals surface area contributed by atoms with Gasteiger partial charge in [0, 0.05) is 11.1 Å². The van der Waals surface area contributed by atoms with Gasteiger partial charge in [-0.05, 0) is 30.7 Å². The van der Waals surface area contributed by atoms with Gasteiger partial charge < -0.3 is 4.74 Å². The molecule has 7 nitrogen and oxygen atoms in total. The Bertz CT molecular complexity index is 1100. The van der Waals surface area contributed by atoms with Crippen molar-refractivity contribution in [2.45, 2.75) is 6.92 Å². The molecule has 0 radical (unpaired) electrons. The SMILES string of the molecule is COc1cccc(C(=O)Nc2nn3c(-c4ccccc4C)nnc3s2)c1. The van der Waals surface area contributed by atoms with Crippen LogP contribution in [0.25, 0.3) is 16.3 Å². The smallest absolute Gasteiger partial charge is 0.257 e. The zero-order valence-corrected chi connectivity index (χ0v) is 14.9. The van der Waals surface area contributed by atoms with Crippen LogP contribution in [0.5, 0.6) is 5.75 Å². The Kier molecular flexibility index (Phi) is 4.10. The number of carbonyl (C=O) groups is 1. The largest absolute Gasteiger partial charge is 0.497 e. The summed E-state index contributed by atoms with van der Waals surface area (Å²) in [6.45, 7) is 2.01. The molecule has 4 aromatic rings. The Morgan fingerprint density at radius 3 is 2.81 bits per heavy atom. The minimum atomic E-state index is -0.258. The molecular formula is C18H15N5O2S. The minimum absolute atomic E-state index is 0.258. The fraction of sp³-hybridized carbons (Fsp3) is 0.111. The van der Waals surface area contributed by atoms with Crippen LogP contribution < -0.4 is 10.1 Å². The predicted molar refractivity (Wildman–Crippen MR) is 99.8 cm³/mol. The molecule has 1 N–H and O–H groups in total. The fourth-order valence-corrected chi connectivity index (χ4v) is 3.33. The van der Waals surface area contributed by atoms with E-state index in [0.29, 0.717) is 27.2 Å². The molecule has 0 saturated heterocycles. The van der Waals surface area contributed by atoms with Crippen LogP contribution in [0.3, 0.4) is 0 Å². The Hall–Kier alpha value is -3.26. The molecule has 0 aliphatic carbocycles. The predicted octanol–water partition coefficient (Wildman–Crippen LogP) is 3.42. The van der Waals surface area contributed by atoms with Crippen molar-refractivity contribution in [3.05, 3.63) is 59.7 Å². The Morgan fingerprint density at radius 1 is 1.15 bits per heavy atom. The molecule has 0 bridgehead atoms. The number of carbonyl (C=O) groups excluding carboxylic acids is 1. The van der Waals surface area contributed by atoms with Crippen molar-refractivity contribution in [3.63, 3.8) is 0 Å². The quantitative estimate of drug-likeness (QED) is 0.599. The van der Waals surface area contributed by atoms with Crippen LogP contribution >= 0.6 is 11.3 Å². The van der Waals surface area contributed by atoms with Gasteiger partial charge in [0.05, 0.1) is 7.11 Å². The molecule has 0 fully saturated rings. The van der Waals surface area contributed by atoms with Crippen LogP contribution in [0.1, 0.15) is 15.9 Å². The average Bonchev–Trinajstić information content (AvgIpc) is 3.22. The van der Waals surface area contributed by atoms with Crippen LogP contribution in [0.15, 0.2) is 48.5 Å². The summed E-state index contributed by atoms with van der Waals surface area (Å²) in [4.78, 5) is 13.1. The highest BCUT2D eigenvalue weighted by molar-refractivity contribution is 7.20. The number of amides is 1. The Labute approximate surface area is 153 Å². The van der Waals surface area contributed by atoms with Crippen molar-refractivity contribution >= 4 is 27.3 Å². The molecule has 0 aliphatic heterocycles. The van der Waals surface area contributed by atoms with Gasteiger partial charge in [0.25, 0.3) is 5.91 Å². The number of hydrogen-bond donors (Lipinski definition) is 1. The normalized spacial score (nSPS) is 10.8. The van der Waals surface area contributed by atoms with E-state index in [4.69, 9.17) is 4.74 Å². The lowest BCUT2D eigenvalue weighted by Crippen LogP contribution is -2.12. The highest BCUT2D eigenvalue weighted by atomic mass is 32.1. The van der Waals surface area contributed by atoms with Crippen LogP contribution in [0.2, 0.25) is 0 Å². The van der Waals surface area contributed by atoms with Crippen molar-refractivity contribution in [3.8, 4) is 17.1 Å². The molecule has 0 saturated carbocycles. The van der Waals surface area contributed by atoms with E-state index in [9.17, 15) is 4.79 Å². The van der Waals surface area contributed by atoms with Gasteiger partial charge in [-0.25, -0.2) is 0 Å². The number of ether oxygens (including phenoxy) is 1. The third kappa shape index (κ3) is 2.91. The number of benzene rings is 2. The molecular weight excluding hydrogens is 350 g/mol. The van der Waals surface area contributed by atoms with E-state index in [2.05, 4.69) is 20.6 Å². The standard InChI is InChI=1S/C18H15N5O2S/c1-11-6-3-4-9-14(11)15-20-21-18-23(15)22-17(26-18)19-16(24)12-7-5-8-13(10-12)25-2/h3-10H,1-2H3,(H,19,22,24). The lowest BCUT2D eigenvalue weighted by molar-refractivity contribution is 0.102. The maximum absolute atomic E-state index is 12.4. The number of aryl methyl sites for hydroxylation is 1. The number of nitrogens with one attached hydrogen (secondary N) is 1. The second-order valence-electron chi connectivity index (χ2n) is 5.63. The summed E-state index contributed by atoms with van der Waals surface area (Å²) in [5.74, 6) is 1.01. The van der Waals surface area contributed by atoms with E-state index < -0.39 is 0 Å². The molecule has 26 heavy (non-hydrogen) atoms. The van der Waals surface area contributed by atoms with Gasteiger partial charge in [0.1, 0.15) is 5.75 Å². The summed E-state index contributed by atoms with van der Waals surface area (Å²) in [6.07, 6.45) is 0. The first-order valence-electron chi connectivity index (χ1n) is 7.89. The molecule has 0 spiro atoms. The molecule has 8 heteroatoms. The van der Waals surface area contributed by atoms with E-state index in [1.165, 1.54) is 11.3 Å². The monoisotopic (exact) mass is 365 g/mol. The second-order valence-corrected chi connectivity index (χ2v) is 6.58. The van der Waals surface area contributed by atoms with Gasteiger partial charge >= 0.3 is 0 Å². The minimum Gasteiger partial charge on any atom is -0.497 e. The fourth-order valence-electron chi connectivity index (χ4n) is 2.59. The molecule has 0 atom stereocenters. The molecule has 2 aromatic heterocycles. The summed E-state index contributed by atoms with van der Waals surface area (Å²) >= 11 is 1.27. The van der Waals surface area contributed by atoms with Gasteiger partial charge in [-0.3, -0.25) is 10.1 Å². The van der Waals surface area contributed by atoms with Crippen molar-refractivity contribution in [1.82, 2.24) is 19.8 Å². The molecule has 0 aliphatic rings. The summed E-state index contributed by atoms with van der Waals surface area (Å²) < 4.78 is 6.80. The Balaban J connectivity index is 1.64. The van der Waals surface area contributed by atoms with E-state index in [0.717, 1.165) is 11.1 Å². The van der Waals surface area contributed by atoms with Gasteiger partial charge in [-0.1, -0.05) is 41.7 Å². The van der Waals surface area contributed by atoms with Crippen LogP contribution in [0, 0.1) is 6.92 Å². The van der Waals surface area contributed by atoms with Crippen LogP contribution in [-0.2, 0) is 0 Å². The lowest BCUT2D eigenvalue weighted by Gasteiger charge is -2.04. The van der Waals surface area contributed by atoms with Crippen LogP contribution in [0.4, 0.5) is 5.13 Å². The summed E-state index contributed by atoms with van der Waals surface area (Å²) in [6, 6.07) is 14.8.